The molecule has 1 saturated heterocycles. The Hall–Kier alpha value is -3.26. The molecule has 1 aliphatic heterocycles. The zero-order chi connectivity index (χ0) is 23.0. The van der Waals surface area contributed by atoms with E-state index >= 15 is 0 Å². The Balaban J connectivity index is 1.69. The van der Waals surface area contributed by atoms with Crippen molar-refractivity contribution >= 4 is 35.0 Å². The minimum absolute atomic E-state index is 0.0775. The first-order chi connectivity index (χ1) is 15.3. The molecule has 0 radical (unpaired) electrons. The molecule has 0 spiro atoms. The first kappa shape index (κ1) is 22.0. The third-order valence-electron chi connectivity index (χ3n) is 6.21. The summed E-state index contributed by atoms with van der Waals surface area (Å²) in [5.74, 6) is -1.76. The molecule has 0 aromatic heterocycles. The highest BCUT2D eigenvalue weighted by Gasteiger charge is 2.52. The maximum absolute atomic E-state index is 13.4. The van der Waals surface area contributed by atoms with Gasteiger partial charge in [0.25, 0.3) is 23.4 Å². The van der Waals surface area contributed by atoms with E-state index < -0.39 is 22.7 Å². The number of nitrogens with zero attached hydrogens (tertiary/aromatic N) is 3. The van der Waals surface area contributed by atoms with Gasteiger partial charge in [0.1, 0.15) is 0 Å². The summed E-state index contributed by atoms with van der Waals surface area (Å²) in [5, 5.41) is 13.6. The molecule has 2 aliphatic rings. The van der Waals surface area contributed by atoms with E-state index in [1.807, 2.05) is 0 Å². The monoisotopic (exact) mass is 455 g/mol. The second kappa shape index (κ2) is 8.70. The molecule has 2 fully saturated rings. The van der Waals surface area contributed by atoms with Gasteiger partial charge in [0, 0.05) is 22.7 Å². The average molecular weight is 456 g/mol. The van der Waals surface area contributed by atoms with Crippen LogP contribution in [0.3, 0.4) is 0 Å². The van der Waals surface area contributed by atoms with Crippen LogP contribution in [0.15, 0.2) is 48.5 Å². The summed E-state index contributed by atoms with van der Waals surface area (Å²) in [7, 11) is 0. The lowest BCUT2D eigenvalue weighted by Gasteiger charge is -2.30. The summed E-state index contributed by atoms with van der Waals surface area (Å²) in [6.07, 6.45) is 2.10. The van der Waals surface area contributed by atoms with Crippen molar-refractivity contribution in [2.45, 2.75) is 32.7 Å². The smallest absolute Gasteiger partial charge is 0.272 e. The van der Waals surface area contributed by atoms with E-state index in [0.717, 1.165) is 16.4 Å². The molecule has 2 aromatic rings. The lowest BCUT2D eigenvalue weighted by atomic mass is 9.76. The number of hydrogen-bond donors (Lipinski definition) is 0. The highest BCUT2D eigenvalue weighted by molar-refractivity contribution is 6.30. The van der Waals surface area contributed by atoms with Gasteiger partial charge in [-0.05, 0) is 55.0 Å². The number of rotatable bonds is 5. The summed E-state index contributed by atoms with van der Waals surface area (Å²) >= 11 is 5.94. The number of nitro groups is 1. The molecule has 3 atom stereocenters. The van der Waals surface area contributed by atoms with Crippen molar-refractivity contribution in [1.82, 2.24) is 10.0 Å². The standard InChI is InChI=1S/C23H22ClN3O5/c1-14-2-11-19-20(12-14)23(30)26(22(19)29)25(21(28)16-5-7-17(24)8-6-16)13-15-3-9-18(10-4-15)27(31)32/h3-10,14,19-20H,2,11-13H2,1H3/t14-,19+,20-/m1/s1. The van der Waals surface area contributed by atoms with Gasteiger partial charge in [0.05, 0.1) is 23.3 Å². The fourth-order valence-electron chi connectivity index (χ4n) is 4.48. The van der Waals surface area contributed by atoms with E-state index in [2.05, 4.69) is 6.92 Å². The van der Waals surface area contributed by atoms with Crippen LogP contribution in [0, 0.1) is 27.9 Å². The fraction of sp³-hybridized carbons (Fsp3) is 0.348. The summed E-state index contributed by atoms with van der Waals surface area (Å²) < 4.78 is 0. The molecule has 166 valence electrons. The van der Waals surface area contributed by atoms with Crippen LogP contribution in [0.5, 0.6) is 0 Å². The maximum Gasteiger partial charge on any atom is 0.273 e. The normalized spacial score (nSPS) is 22.6. The Morgan fingerprint density at radius 3 is 2.31 bits per heavy atom. The predicted molar refractivity (Wildman–Crippen MR) is 116 cm³/mol. The Kier molecular flexibility index (Phi) is 5.97. The zero-order valence-corrected chi connectivity index (χ0v) is 18.2. The first-order valence-corrected chi connectivity index (χ1v) is 10.8. The van der Waals surface area contributed by atoms with Gasteiger partial charge in [0.15, 0.2) is 0 Å². The van der Waals surface area contributed by atoms with Crippen molar-refractivity contribution < 1.29 is 19.3 Å². The van der Waals surface area contributed by atoms with Crippen molar-refractivity contribution in [2.75, 3.05) is 0 Å². The number of amides is 3. The number of benzene rings is 2. The lowest BCUT2D eigenvalue weighted by molar-refractivity contribution is -0.384. The number of nitro benzene ring substituents is 1. The van der Waals surface area contributed by atoms with Crippen LogP contribution < -0.4 is 0 Å². The number of non-ortho nitro benzene ring substituents is 1. The second-order valence-corrected chi connectivity index (χ2v) is 8.85. The third-order valence-corrected chi connectivity index (χ3v) is 6.46. The van der Waals surface area contributed by atoms with Crippen molar-refractivity contribution in [3.05, 3.63) is 74.8 Å². The maximum atomic E-state index is 13.4. The van der Waals surface area contributed by atoms with E-state index in [1.54, 1.807) is 12.1 Å². The second-order valence-electron chi connectivity index (χ2n) is 8.41. The minimum Gasteiger partial charge on any atom is -0.272 e. The number of hydrazine groups is 1. The minimum atomic E-state index is -0.520. The van der Waals surface area contributed by atoms with Crippen molar-refractivity contribution in [3.63, 3.8) is 0 Å². The van der Waals surface area contributed by atoms with Gasteiger partial charge < -0.3 is 0 Å². The van der Waals surface area contributed by atoms with Crippen LogP contribution >= 0.6 is 11.6 Å². The van der Waals surface area contributed by atoms with Gasteiger partial charge >= 0.3 is 0 Å². The van der Waals surface area contributed by atoms with Crippen molar-refractivity contribution in [2.24, 2.45) is 17.8 Å². The third kappa shape index (κ3) is 4.10. The van der Waals surface area contributed by atoms with Crippen LogP contribution in [0.1, 0.15) is 42.1 Å². The molecule has 0 N–H and O–H groups in total. The van der Waals surface area contributed by atoms with E-state index in [-0.39, 0.29) is 29.6 Å². The summed E-state index contributed by atoms with van der Waals surface area (Å²) in [6.45, 7) is 1.98. The Bertz CT molecular complexity index is 1070. The molecular weight excluding hydrogens is 434 g/mol. The summed E-state index contributed by atoms with van der Waals surface area (Å²) in [5.41, 5.74) is 0.750. The fourth-order valence-corrected chi connectivity index (χ4v) is 4.61. The number of carbonyl (C=O) groups is 3. The molecule has 1 heterocycles. The molecule has 1 saturated carbocycles. The molecule has 1 aliphatic carbocycles. The Labute approximate surface area is 189 Å². The van der Waals surface area contributed by atoms with E-state index in [4.69, 9.17) is 11.6 Å². The lowest BCUT2D eigenvalue weighted by Crippen LogP contribution is -2.49. The van der Waals surface area contributed by atoms with Crippen molar-refractivity contribution in [3.8, 4) is 0 Å². The number of halogens is 1. The van der Waals surface area contributed by atoms with Gasteiger partial charge in [-0.2, -0.15) is 5.01 Å². The summed E-state index contributed by atoms with van der Waals surface area (Å²) in [6, 6.07) is 11.9. The molecule has 9 heteroatoms. The highest BCUT2D eigenvalue weighted by atomic mass is 35.5. The van der Waals surface area contributed by atoms with Crippen molar-refractivity contribution in [1.29, 1.82) is 0 Å². The first-order valence-electron chi connectivity index (χ1n) is 10.4. The largest absolute Gasteiger partial charge is 0.273 e. The Morgan fingerprint density at radius 2 is 1.69 bits per heavy atom. The van der Waals surface area contributed by atoms with Gasteiger partial charge in [-0.15, -0.1) is 0 Å². The van der Waals surface area contributed by atoms with Crippen LogP contribution in [-0.4, -0.2) is 32.7 Å². The molecule has 0 bridgehead atoms. The Morgan fingerprint density at radius 1 is 1.06 bits per heavy atom. The van der Waals surface area contributed by atoms with Gasteiger partial charge in [-0.25, -0.2) is 5.01 Å². The number of fused-ring (bicyclic) bond motifs is 1. The van der Waals surface area contributed by atoms with Crippen LogP contribution in [-0.2, 0) is 16.1 Å². The molecule has 2 aromatic carbocycles. The molecule has 3 amide bonds. The van der Waals surface area contributed by atoms with Crippen LogP contribution in [0.4, 0.5) is 5.69 Å². The average Bonchev–Trinajstić information content (AvgIpc) is 3.02. The predicted octanol–water partition coefficient (Wildman–Crippen LogP) is 4.23. The highest BCUT2D eigenvalue weighted by Crippen LogP contribution is 2.41. The van der Waals surface area contributed by atoms with E-state index in [1.165, 1.54) is 36.4 Å². The molecular formula is C23H22ClN3O5. The zero-order valence-electron chi connectivity index (χ0n) is 17.4. The van der Waals surface area contributed by atoms with Gasteiger partial charge in [-0.1, -0.05) is 30.7 Å². The van der Waals surface area contributed by atoms with Gasteiger partial charge in [-0.3, -0.25) is 24.5 Å². The number of imide groups is 1. The quantitative estimate of drug-likeness (QED) is 0.381. The molecule has 32 heavy (non-hydrogen) atoms. The SMILES string of the molecule is C[C@@H]1CC[C@@H]2C(=O)N(N(Cc3ccc([N+](=O)[O-])cc3)C(=O)c3ccc(Cl)cc3)C(=O)[C@@H]2C1. The van der Waals surface area contributed by atoms with Crippen LogP contribution in [0.2, 0.25) is 5.02 Å². The topological polar surface area (TPSA) is 101 Å². The van der Waals surface area contributed by atoms with E-state index in [9.17, 15) is 24.5 Å². The van der Waals surface area contributed by atoms with Gasteiger partial charge in [0.2, 0.25) is 0 Å². The molecule has 8 nitrogen and oxygen atoms in total. The molecule has 4 rings (SSSR count). The summed E-state index contributed by atoms with van der Waals surface area (Å²) in [4.78, 5) is 50.3. The molecule has 0 unspecified atom stereocenters. The number of hydrogen-bond acceptors (Lipinski definition) is 5. The van der Waals surface area contributed by atoms with Crippen LogP contribution in [0.25, 0.3) is 0 Å². The van der Waals surface area contributed by atoms with E-state index in [0.29, 0.717) is 29.3 Å². The number of carbonyl (C=O) groups excluding carboxylic acids is 3.